The summed E-state index contributed by atoms with van der Waals surface area (Å²) in [6.07, 6.45) is -0.609. The van der Waals surface area contributed by atoms with Crippen molar-refractivity contribution in [3.05, 3.63) is 64.0 Å². The first kappa shape index (κ1) is 19.1. The smallest absolute Gasteiger partial charge is 0.266 e. The van der Waals surface area contributed by atoms with Crippen LogP contribution in [0.4, 0.5) is 5.13 Å². The number of nitrogens with zero attached hydrogens (tertiary/aromatic N) is 1. The maximum Gasteiger partial charge on any atom is 0.266 e. The van der Waals surface area contributed by atoms with E-state index in [4.69, 9.17) is 4.74 Å². The molecular formula is C22H24N2O2S. The highest BCUT2D eigenvalue weighted by molar-refractivity contribution is 7.14. The first-order chi connectivity index (χ1) is 12.8. The minimum atomic E-state index is -0.609. The minimum Gasteiger partial charge on any atom is -0.481 e. The molecule has 0 fully saturated rings. The Morgan fingerprint density at radius 1 is 1.07 bits per heavy atom. The lowest BCUT2D eigenvalue weighted by Crippen LogP contribution is -2.30. The number of hydrogen-bond donors (Lipinski definition) is 1. The van der Waals surface area contributed by atoms with E-state index in [1.807, 2.05) is 36.6 Å². The molecule has 2 aromatic carbocycles. The molecule has 4 nitrogen and oxygen atoms in total. The average Bonchev–Trinajstić information content (AvgIpc) is 3.06. The van der Waals surface area contributed by atoms with E-state index in [0.717, 1.165) is 16.8 Å². The summed E-state index contributed by atoms with van der Waals surface area (Å²) in [6.45, 7) is 10.0. The van der Waals surface area contributed by atoms with Gasteiger partial charge in [-0.25, -0.2) is 4.98 Å². The van der Waals surface area contributed by atoms with Crippen molar-refractivity contribution in [2.75, 3.05) is 5.32 Å². The van der Waals surface area contributed by atoms with Crippen LogP contribution in [0.2, 0.25) is 0 Å². The quantitative estimate of drug-likeness (QED) is 0.640. The van der Waals surface area contributed by atoms with Crippen LogP contribution in [-0.2, 0) is 4.79 Å². The molecule has 0 radical (unpaired) electrons. The molecule has 1 N–H and O–H groups in total. The Bertz CT molecular complexity index is 978. The van der Waals surface area contributed by atoms with Crippen LogP contribution >= 0.6 is 11.3 Å². The van der Waals surface area contributed by atoms with Gasteiger partial charge in [0.15, 0.2) is 11.2 Å². The second kappa shape index (κ2) is 7.92. The summed E-state index contributed by atoms with van der Waals surface area (Å²) in [4.78, 5) is 17.0. The number of anilines is 1. The summed E-state index contributed by atoms with van der Waals surface area (Å²) < 4.78 is 5.73. The van der Waals surface area contributed by atoms with E-state index < -0.39 is 6.10 Å². The third kappa shape index (κ3) is 4.55. The van der Waals surface area contributed by atoms with Crippen LogP contribution in [0.25, 0.3) is 11.3 Å². The molecule has 27 heavy (non-hydrogen) atoms. The number of thiazole rings is 1. The lowest BCUT2D eigenvalue weighted by atomic mass is 9.99. The van der Waals surface area contributed by atoms with Crippen LogP contribution in [0.15, 0.2) is 41.8 Å². The van der Waals surface area contributed by atoms with E-state index >= 15 is 0 Å². The first-order valence-electron chi connectivity index (χ1n) is 8.91. The number of nitrogens with one attached hydrogen (secondary N) is 1. The highest BCUT2D eigenvalue weighted by atomic mass is 32.1. The summed E-state index contributed by atoms with van der Waals surface area (Å²) in [5.74, 6) is 0.470. The molecule has 0 spiro atoms. The van der Waals surface area contributed by atoms with Gasteiger partial charge in [-0.2, -0.15) is 0 Å². The fourth-order valence-corrected chi connectivity index (χ4v) is 3.56. The highest BCUT2D eigenvalue weighted by Crippen LogP contribution is 2.29. The second-order valence-electron chi connectivity index (χ2n) is 6.86. The Kier molecular flexibility index (Phi) is 5.61. The maximum absolute atomic E-state index is 12.4. The van der Waals surface area contributed by atoms with Gasteiger partial charge >= 0.3 is 0 Å². The normalized spacial score (nSPS) is 11.9. The molecule has 0 aliphatic rings. The second-order valence-corrected chi connectivity index (χ2v) is 7.71. The molecule has 3 aromatic rings. The van der Waals surface area contributed by atoms with E-state index in [1.54, 1.807) is 6.92 Å². The molecule has 0 saturated heterocycles. The lowest BCUT2D eigenvalue weighted by molar-refractivity contribution is -0.122. The van der Waals surface area contributed by atoms with Crippen LogP contribution in [0.1, 0.15) is 29.2 Å². The molecule has 1 heterocycles. The van der Waals surface area contributed by atoms with Crippen molar-refractivity contribution < 1.29 is 9.53 Å². The van der Waals surface area contributed by atoms with Gasteiger partial charge in [-0.1, -0.05) is 18.2 Å². The Labute approximate surface area is 164 Å². The largest absolute Gasteiger partial charge is 0.481 e. The van der Waals surface area contributed by atoms with E-state index in [9.17, 15) is 4.79 Å². The summed E-state index contributed by atoms with van der Waals surface area (Å²) in [7, 11) is 0. The fourth-order valence-electron chi connectivity index (χ4n) is 2.84. The van der Waals surface area contributed by atoms with E-state index in [1.165, 1.54) is 28.0 Å². The van der Waals surface area contributed by atoms with Crippen LogP contribution in [0.5, 0.6) is 5.75 Å². The van der Waals surface area contributed by atoms with Gasteiger partial charge in [0.2, 0.25) is 0 Å². The molecule has 0 bridgehead atoms. The standard InChI is InChI=1S/C22H24N2O2S/c1-13-7-6-8-18(9-13)26-17(5)21(25)24-22-23-20(12-27-22)19-11-15(3)14(2)10-16(19)4/h6-12,17H,1-5H3,(H,23,24,25)/t17-/m1/s1. The third-order valence-electron chi connectivity index (χ3n) is 4.52. The predicted molar refractivity (Wildman–Crippen MR) is 112 cm³/mol. The molecule has 5 heteroatoms. The zero-order chi connectivity index (χ0) is 19.6. The van der Waals surface area contributed by atoms with Gasteiger partial charge < -0.3 is 4.74 Å². The molecule has 1 amide bonds. The van der Waals surface area contributed by atoms with Gasteiger partial charge in [0, 0.05) is 10.9 Å². The number of amides is 1. The topological polar surface area (TPSA) is 51.2 Å². The number of ether oxygens (including phenoxy) is 1. The van der Waals surface area contributed by atoms with Crippen LogP contribution in [-0.4, -0.2) is 17.0 Å². The number of carbonyl (C=O) groups is 1. The summed E-state index contributed by atoms with van der Waals surface area (Å²) in [5, 5.41) is 5.40. The lowest BCUT2D eigenvalue weighted by Gasteiger charge is -2.14. The van der Waals surface area contributed by atoms with Crippen LogP contribution < -0.4 is 10.1 Å². The molecular weight excluding hydrogens is 356 g/mol. The van der Waals surface area contributed by atoms with Gasteiger partial charge in [0.05, 0.1) is 5.69 Å². The van der Waals surface area contributed by atoms with Crippen molar-refractivity contribution >= 4 is 22.4 Å². The molecule has 1 aromatic heterocycles. The van der Waals surface area contributed by atoms with Crippen molar-refractivity contribution in [3.8, 4) is 17.0 Å². The molecule has 140 valence electrons. The van der Waals surface area contributed by atoms with Crippen molar-refractivity contribution in [1.82, 2.24) is 4.98 Å². The van der Waals surface area contributed by atoms with Crippen molar-refractivity contribution in [2.24, 2.45) is 0 Å². The Morgan fingerprint density at radius 3 is 2.56 bits per heavy atom. The Hall–Kier alpha value is -2.66. The number of aryl methyl sites for hydroxylation is 4. The van der Waals surface area contributed by atoms with Crippen molar-refractivity contribution in [2.45, 2.75) is 40.7 Å². The van der Waals surface area contributed by atoms with E-state index in [0.29, 0.717) is 10.9 Å². The Morgan fingerprint density at radius 2 is 1.81 bits per heavy atom. The number of aromatic nitrogens is 1. The van der Waals surface area contributed by atoms with E-state index in [2.05, 4.69) is 43.2 Å². The minimum absolute atomic E-state index is 0.214. The van der Waals surface area contributed by atoms with Crippen LogP contribution in [0.3, 0.4) is 0 Å². The molecule has 0 saturated carbocycles. The SMILES string of the molecule is Cc1cccc(O[C@H](C)C(=O)Nc2nc(-c3cc(C)c(C)cc3C)cs2)c1. The molecule has 0 unspecified atom stereocenters. The summed E-state index contributed by atoms with van der Waals surface area (Å²) >= 11 is 1.42. The zero-order valence-electron chi connectivity index (χ0n) is 16.3. The fraction of sp³-hybridized carbons (Fsp3) is 0.273. The summed E-state index contributed by atoms with van der Waals surface area (Å²) in [6, 6.07) is 12.0. The molecule has 0 aliphatic carbocycles. The average molecular weight is 381 g/mol. The molecule has 1 atom stereocenters. The predicted octanol–water partition coefficient (Wildman–Crippen LogP) is 5.45. The maximum atomic E-state index is 12.4. The number of benzene rings is 2. The number of carbonyl (C=O) groups excluding carboxylic acids is 1. The number of hydrogen-bond acceptors (Lipinski definition) is 4. The Balaban J connectivity index is 1.70. The van der Waals surface area contributed by atoms with Gasteiger partial charge in [-0.15, -0.1) is 11.3 Å². The first-order valence-corrected chi connectivity index (χ1v) is 9.79. The molecule has 3 rings (SSSR count). The zero-order valence-corrected chi connectivity index (χ0v) is 17.1. The van der Waals surface area contributed by atoms with E-state index in [-0.39, 0.29) is 5.91 Å². The monoisotopic (exact) mass is 380 g/mol. The van der Waals surface area contributed by atoms with Crippen molar-refractivity contribution in [1.29, 1.82) is 0 Å². The van der Waals surface area contributed by atoms with Gasteiger partial charge in [0.1, 0.15) is 5.75 Å². The van der Waals surface area contributed by atoms with Gasteiger partial charge in [-0.05, 0) is 75.1 Å². The van der Waals surface area contributed by atoms with Gasteiger partial charge in [0.25, 0.3) is 5.91 Å². The third-order valence-corrected chi connectivity index (χ3v) is 5.28. The van der Waals surface area contributed by atoms with Gasteiger partial charge in [-0.3, -0.25) is 10.1 Å². The highest BCUT2D eigenvalue weighted by Gasteiger charge is 2.17. The molecule has 0 aliphatic heterocycles. The summed E-state index contributed by atoms with van der Waals surface area (Å²) in [5.41, 5.74) is 6.74. The van der Waals surface area contributed by atoms with Crippen molar-refractivity contribution in [3.63, 3.8) is 0 Å². The number of rotatable bonds is 5. The van der Waals surface area contributed by atoms with Crippen LogP contribution in [0, 0.1) is 27.7 Å².